The minimum absolute atomic E-state index is 0.126. The third-order valence-electron chi connectivity index (χ3n) is 3.90. The summed E-state index contributed by atoms with van der Waals surface area (Å²) < 4.78 is 0. The monoisotopic (exact) mass is 263 g/mol. The molecule has 1 fully saturated rings. The summed E-state index contributed by atoms with van der Waals surface area (Å²) in [5.74, 6) is 1.56. The van der Waals surface area contributed by atoms with Crippen LogP contribution in [0, 0.1) is 11.8 Å². The molecule has 0 radical (unpaired) electrons. The van der Waals surface area contributed by atoms with Gasteiger partial charge in [0.1, 0.15) is 0 Å². The third kappa shape index (κ3) is 3.77. The molecule has 0 heterocycles. The molecule has 1 saturated carbocycles. The SMILES string of the molecule is CC1CCCC1CNC(=O)Cc1ccc(S)cc1. The van der Waals surface area contributed by atoms with Crippen LogP contribution in [0.15, 0.2) is 29.2 Å². The molecule has 2 atom stereocenters. The van der Waals surface area contributed by atoms with E-state index < -0.39 is 0 Å². The molecule has 2 rings (SSSR count). The normalized spacial score (nSPS) is 23.0. The molecular formula is C15H21NOS. The summed E-state index contributed by atoms with van der Waals surface area (Å²) in [4.78, 5) is 12.8. The lowest BCUT2D eigenvalue weighted by atomic mass is 9.98. The Morgan fingerprint density at radius 2 is 2.06 bits per heavy atom. The van der Waals surface area contributed by atoms with E-state index in [9.17, 15) is 4.79 Å². The molecule has 1 aromatic rings. The molecule has 18 heavy (non-hydrogen) atoms. The Labute approximate surface area is 115 Å². The van der Waals surface area contributed by atoms with Gasteiger partial charge in [0.15, 0.2) is 0 Å². The number of carbonyl (C=O) groups is 1. The van der Waals surface area contributed by atoms with Gasteiger partial charge in [-0.15, -0.1) is 12.6 Å². The second kappa shape index (κ2) is 6.28. The Kier molecular flexibility index (Phi) is 4.70. The molecule has 1 aromatic carbocycles. The highest BCUT2D eigenvalue weighted by molar-refractivity contribution is 7.80. The van der Waals surface area contributed by atoms with E-state index in [1.165, 1.54) is 19.3 Å². The Morgan fingerprint density at radius 1 is 1.33 bits per heavy atom. The first-order valence-electron chi connectivity index (χ1n) is 6.70. The van der Waals surface area contributed by atoms with Crippen molar-refractivity contribution in [1.82, 2.24) is 5.32 Å². The maximum absolute atomic E-state index is 11.8. The van der Waals surface area contributed by atoms with Crippen LogP contribution < -0.4 is 5.32 Å². The largest absolute Gasteiger partial charge is 0.356 e. The molecule has 0 aromatic heterocycles. The molecule has 3 heteroatoms. The Hall–Kier alpha value is -0.960. The fourth-order valence-corrected chi connectivity index (χ4v) is 2.78. The second-order valence-corrected chi connectivity index (χ2v) is 5.83. The Morgan fingerprint density at radius 3 is 2.67 bits per heavy atom. The van der Waals surface area contributed by atoms with Gasteiger partial charge in [-0.2, -0.15) is 0 Å². The molecule has 0 bridgehead atoms. The van der Waals surface area contributed by atoms with Gasteiger partial charge in [-0.1, -0.05) is 31.9 Å². The number of thiol groups is 1. The van der Waals surface area contributed by atoms with Crippen LogP contribution in [-0.2, 0) is 11.2 Å². The van der Waals surface area contributed by atoms with Gasteiger partial charge in [-0.3, -0.25) is 4.79 Å². The van der Waals surface area contributed by atoms with Crippen LogP contribution in [0.1, 0.15) is 31.7 Å². The van der Waals surface area contributed by atoms with Crippen molar-refractivity contribution in [3.05, 3.63) is 29.8 Å². The van der Waals surface area contributed by atoms with Crippen molar-refractivity contribution in [2.24, 2.45) is 11.8 Å². The summed E-state index contributed by atoms with van der Waals surface area (Å²) in [6, 6.07) is 7.76. The summed E-state index contributed by atoms with van der Waals surface area (Å²) in [5.41, 5.74) is 1.05. The minimum Gasteiger partial charge on any atom is -0.356 e. The van der Waals surface area contributed by atoms with Gasteiger partial charge in [-0.25, -0.2) is 0 Å². The Balaban J connectivity index is 1.76. The zero-order chi connectivity index (χ0) is 13.0. The maximum Gasteiger partial charge on any atom is 0.224 e. The van der Waals surface area contributed by atoms with Crippen LogP contribution in [0.25, 0.3) is 0 Å². The van der Waals surface area contributed by atoms with E-state index in [0.29, 0.717) is 12.3 Å². The summed E-state index contributed by atoms with van der Waals surface area (Å²) in [7, 11) is 0. The van der Waals surface area contributed by atoms with Gasteiger partial charge in [0.05, 0.1) is 6.42 Å². The lowest BCUT2D eigenvalue weighted by Crippen LogP contribution is -2.31. The Bertz CT molecular complexity index is 401. The lowest BCUT2D eigenvalue weighted by Gasteiger charge is -2.15. The van der Waals surface area contributed by atoms with Crippen LogP contribution in [0.2, 0.25) is 0 Å². The number of hydrogen-bond acceptors (Lipinski definition) is 2. The minimum atomic E-state index is 0.126. The van der Waals surface area contributed by atoms with E-state index in [0.717, 1.165) is 22.9 Å². The van der Waals surface area contributed by atoms with E-state index in [1.807, 2.05) is 24.3 Å². The van der Waals surface area contributed by atoms with Crippen LogP contribution >= 0.6 is 12.6 Å². The highest BCUT2D eigenvalue weighted by Crippen LogP contribution is 2.30. The summed E-state index contributed by atoms with van der Waals surface area (Å²) >= 11 is 4.23. The van der Waals surface area contributed by atoms with Crippen molar-refractivity contribution >= 4 is 18.5 Å². The third-order valence-corrected chi connectivity index (χ3v) is 4.20. The molecule has 1 amide bonds. The van der Waals surface area contributed by atoms with Gasteiger partial charge in [0, 0.05) is 11.4 Å². The molecule has 1 N–H and O–H groups in total. The van der Waals surface area contributed by atoms with Gasteiger partial charge in [-0.05, 0) is 36.0 Å². The fraction of sp³-hybridized carbons (Fsp3) is 0.533. The summed E-state index contributed by atoms with van der Waals surface area (Å²) in [6.07, 6.45) is 4.35. The first kappa shape index (κ1) is 13.5. The van der Waals surface area contributed by atoms with Gasteiger partial charge in [0.2, 0.25) is 5.91 Å². The number of carbonyl (C=O) groups excluding carboxylic acids is 1. The van der Waals surface area contributed by atoms with Crippen molar-refractivity contribution in [3.63, 3.8) is 0 Å². The summed E-state index contributed by atoms with van der Waals surface area (Å²) in [6.45, 7) is 3.12. The molecule has 0 aliphatic heterocycles. The van der Waals surface area contributed by atoms with E-state index in [2.05, 4.69) is 24.9 Å². The smallest absolute Gasteiger partial charge is 0.224 e. The number of amides is 1. The standard InChI is InChI=1S/C15H21NOS/c1-11-3-2-4-13(11)10-16-15(17)9-12-5-7-14(18)8-6-12/h5-8,11,13,18H,2-4,9-10H2,1H3,(H,16,17). The topological polar surface area (TPSA) is 29.1 Å². The highest BCUT2D eigenvalue weighted by atomic mass is 32.1. The first-order chi connectivity index (χ1) is 8.65. The predicted molar refractivity (Wildman–Crippen MR) is 76.9 cm³/mol. The zero-order valence-electron chi connectivity index (χ0n) is 10.9. The number of hydrogen-bond donors (Lipinski definition) is 2. The predicted octanol–water partition coefficient (Wildman–Crippen LogP) is 3.07. The van der Waals surface area contributed by atoms with Gasteiger partial charge < -0.3 is 5.32 Å². The molecule has 0 saturated heterocycles. The van der Waals surface area contributed by atoms with Crippen molar-refractivity contribution in [2.45, 2.75) is 37.5 Å². The highest BCUT2D eigenvalue weighted by Gasteiger charge is 2.23. The van der Waals surface area contributed by atoms with Gasteiger partial charge >= 0.3 is 0 Å². The van der Waals surface area contributed by atoms with Crippen molar-refractivity contribution in [3.8, 4) is 0 Å². The number of benzene rings is 1. The van der Waals surface area contributed by atoms with Crippen molar-refractivity contribution < 1.29 is 4.79 Å². The van der Waals surface area contributed by atoms with Crippen LogP contribution in [0.5, 0.6) is 0 Å². The molecular weight excluding hydrogens is 242 g/mol. The van der Waals surface area contributed by atoms with E-state index in [4.69, 9.17) is 0 Å². The summed E-state index contributed by atoms with van der Waals surface area (Å²) in [5, 5.41) is 3.06. The number of rotatable bonds is 4. The molecule has 98 valence electrons. The molecule has 1 aliphatic rings. The first-order valence-corrected chi connectivity index (χ1v) is 7.14. The van der Waals surface area contributed by atoms with Crippen LogP contribution in [0.4, 0.5) is 0 Å². The zero-order valence-corrected chi connectivity index (χ0v) is 11.7. The fourth-order valence-electron chi connectivity index (χ4n) is 2.63. The lowest BCUT2D eigenvalue weighted by molar-refractivity contribution is -0.120. The molecule has 1 aliphatic carbocycles. The van der Waals surface area contributed by atoms with Crippen molar-refractivity contribution in [1.29, 1.82) is 0 Å². The van der Waals surface area contributed by atoms with Crippen molar-refractivity contribution in [2.75, 3.05) is 6.54 Å². The average molecular weight is 263 g/mol. The van der Waals surface area contributed by atoms with Gasteiger partial charge in [0.25, 0.3) is 0 Å². The quantitative estimate of drug-likeness (QED) is 0.803. The second-order valence-electron chi connectivity index (χ2n) is 5.32. The van der Waals surface area contributed by atoms with Crippen LogP contribution in [0.3, 0.4) is 0 Å². The molecule has 2 unspecified atom stereocenters. The number of nitrogens with one attached hydrogen (secondary N) is 1. The van der Waals surface area contributed by atoms with E-state index in [-0.39, 0.29) is 5.91 Å². The molecule has 0 spiro atoms. The maximum atomic E-state index is 11.8. The van der Waals surface area contributed by atoms with E-state index in [1.54, 1.807) is 0 Å². The molecule has 2 nitrogen and oxygen atoms in total. The average Bonchev–Trinajstić information content (AvgIpc) is 2.75. The van der Waals surface area contributed by atoms with Crippen LogP contribution in [-0.4, -0.2) is 12.5 Å². The van der Waals surface area contributed by atoms with E-state index >= 15 is 0 Å².